The molecule has 0 aliphatic carbocycles. The van der Waals surface area contributed by atoms with Crippen molar-refractivity contribution in [2.75, 3.05) is 17.2 Å². The highest BCUT2D eigenvalue weighted by atomic mass is 35.5. The number of carbonyl (C=O) groups is 3. The van der Waals surface area contributed by atoms with Crippen molar-refractivity contribution in [1.29, 1.82) is 0 Å². The SMILES string of the molecule is Cc1ccc(NC(=O)c2ccc(CN3C(=O)c4ccc(Cl)cc4NC(=O)[C@H]3CCO)cc2)nc1. The highest BCUT2D eigenvalue weighted by Crippen LogP contribution is 2.28. The fourth-order valence-corrected chi connectivity index (χ4v) is 3.91. The van der Waals surface area contributed by atoms with Crippen molar-refractivity contribution in [1.82, 2.24) is 9.88 Å². The molecule has 1 atom stereocenters. The van der Waals surface area contributed by atoms with E-state index in [9.17, 15) is 19.5 Å². The number of aliphatic hydroxyl groups excluding tert-OH is 1. The normalized spacial score (nSPS) is 15.4. The van der Waals surface area contributed by atoms with Gasteiger partial charge >= 0.3 is 0 Å². The molecule has 0 unspecified atom stereocenters. The van der Waals surface area contributed by atoms with Crippen molar-refractivity contribution < 1.29 is 19.5 Å². The first-order valence-corrected chi connectivity index (χ1v) is 11.1. The number of amides is 3. The topological polar surface area (TPSA) is 112 Å². The van der Waals surface area contributed by atoms with E-state index < -0.39 is 11.9 Å². The van der Waals surface area contributed by atoms with Crippen molar-refractivity contribution in [2.24, 2.45) is 0 Å². The molecular weight excluding hydrogens is 456 g/mol. The molecule has 0 bridgehead atoms. The summed E-state index contributed by atoms with van der Waals surface area (Å²) in [5.74, 6) is -0.607. The zero-order chi connectivity index (χ0) is 24.2. The molecule has 1 aliphatic heterocycles. The van der Waals surface area contributed by atoms with Crippen molar-refractivity contribution in [3.8, 4) is 0 Å². The minimum Gasteiger partial charge on any atom is -0.396 e. The molecule has 2 heterocycles. The molecule has 3 N–H and O–H groups in total. The summed E-state index contributed by atoms with van der Waals surface area (Å²) in [7, 11) is 0. The third kappa shape index (κ3) is 5.08. The third-order valence-corrected chi connectivity index (χ3v) is 5.77. The van der Waals surface area contributed by atoms with Crippen LogP contribution in [0.3, 0.4) is 0 Å². The summed E-state index contributed by atoms with van der Waals surface area (Å²) in [5.41, 5.74) is 2.80. The van der Waals surface area contributed by atoms with Crippen LogP contribution < -0.4 is 10.6 Å². The van der Waals surface area contributed by atoms with Crippen molar-refractivity contribution in [3.63, 3.8) is 0 Å². The van der Waals surface area contributed by atoms with Gasteiger partial charge in [-0.05, 0) is 60.9 Å². The van der Waals surface area contributed by atoms with Crippen LogP contribution in [0.1, 0.15) is 38.3 Å². The zero-order valence-electron chi connectivity index (χ0n) is 18.4. The van der Waals surface area contributed by atoms with Crippen molar-refractivity contribution in [2.45, 2.75) is 25.9 Å². The average Bonchev–Trinajstić information content (AvgIpc) is 2.91. The standard InChI is InChI=1S/C25H23ClN4O4/c1-15-2-9-22(27-13-15)29-23(32)17-5-3-16(4-6-17)14-30-21(10-11-31)24(33)28-20-12-18(26)7-8-19(20)25(30)34/h2-9,12-13,21,31H,10-11,14H2,1H3,(H,28,33)(H,27,29,32)/t21-/m1/s1. The summed E-state index contributed by atoms with van der Waals surface area (Å²) < 4.78 is 0. The highest BCUT2D eigenvalue weighted by Gasteiger charge is 2.35. The van der Waals surface area contributed by atoms with Gasteiger partial charge in [0.2, 0.25) is 5.91 Å². The molecule has 0 fully saturated rings. The number of aryl methyl sites for hydroxylation is 1. The average molecular weight is 479 g/mol. The van der Waals surface area contributed by atoms with E-state index in [1.165, 1.54) is 11.0 Å². The van der Waals surface area contributed by atoms with Crippen LogP contribution in [0.15, 0.2) is 60.8 Å². The Balaban J connectivity index is 1.55. The van der Waals surface area contributed by atoms with Crippen LogP contribution in [-0.4, -0.2) is 45.4 Å². The van der Waals surface area contributed by atoms with Crippen LogP contribution in [0, 0.1) is 6.92 Å². The van der Waals surface area contributed by atoms with Crippen LogP contribution in [0.25, 0.3) is 0 Å². The minimum atomic E-state index is -0.862. The Morgan fingerprint density at radius 3 is 2.59 bits per heavy atom. The van der Waals surface area contributed by atoms with Gasteiger partial charge in [0.25, 0.3) is 11.8 Å². The number of nitrogens with one attached hydrogen (secondary N) is 2. The van der Waals surface area contributed by atoms with Gasteiger partial charge in [-0.3, -0.25) is 14.4 Å². The largest absolute Gasteiger partial charge is 0.396 e. The number of anilines is 2. The first kappa shape index (κ1) is 23.4. The molecule has 1 aromatic heterocycles. The molecule has 4 rings (SSSR count). The Bertz CT molecular complexity index is 1230. The first-order chi connectivity index (χ1) is 16.4. The minimum absolute atomic E-state index is 0.0866. The molecule has 3 amide bonds. The Morgan fingerprint density at radius 2 is 1.91 bits per heavy atom. The Hall–Kier alpha value is -3.75. The van der Waals surface area contributed by atoms with Crippen LogP contribution in [0.5, 0.6) is 0 Å². The molecule has 34 heavy (non-hydrogen) atoms. The summed E-state index contributed by atoms with van der Waals surface area (Å²) in [5, 5.41) is 15.4. The number of pyridine rings is 1. The van der Waals surface area contributed by atoms with Gasteiger partial charge in [-0.15, -0.1) is 0 Å². The first-order valence-electron chi connectivity index (χ1n) is 10.7. The predicted octanol–water partition coefficient (Wildman–Crippen LogP) is 3.64. The molecule has 0 spiro atoms. The lowest BCUT2D eigenvalue weighted by atomic mass is 10.1. The van der Waals surface area contributed by atoms with E-state index in [0.29, 0.717) is 27.7 Å². The number of carbonyl (C=O) groups excluding carboxylic acids is 3. The van der Waals surface area contributed by atoms with E-state index in [1.54, 1.807) is 48.7 Å². The van der Waals surface area contributed by atoms with E-state index >= 15 is 0 Å². The molecule has 3 aromatic rings. The van der Waals surface area contributed by atoms with Gasteiger partial charge in [-0.2, -0.15) is 0 Å². The summed E-state index contributed by atoms with van der Waals surface area (Å²) in [4.78, 5) is 44.3. The van der Waals surface area contributed by atoms with Crippen LogP contribution in [0.2, 0.25) is 5.02 Å². The summed E-state index contributed by atoms with van der Waals surface area (Å²) >= 11 is 6.03. The fraction of sp³-hybridized carbons (Fsp3) is 0.200. The predicted molar refractivity (Wildman–Crippen MR) is 129 cm³/mol. The van der Waals surface area contributed by atoms with Gasteiger partial charge in [-0.25, -0.2) is 4.98 Å². The van der Waals surface area contributed by atoms with Gasteiger partial charge in [0.05, 0.1) is 11.3 Å². The van der Waals surface area contributed by atoms with Crippen molar-refractivity contribution >= 4 is 40.8 Å². The lowest BCUT2D eigenvalue weighted by Gasteiger charge is -2.28. The Kier molecular flexibility index (Phi) is 6.90. The summed E-state index contributed by atoms with van der Waals surface area (Å²) in [6.45, 7) is 1.78. The zero-order valence-corrected chi connectivity index (χ0v) is 19.2. The molecular formula is C25H23ClN4O4. The number of aromatic nitrogens is 1. The number of halogens is 1. The highest BCUT2D eigenvalue weighted by molar-refractivity contribution is 6.31. The maximum absolute atomic E-state index is 13.3. The van der Waals surface area contributed by atoms with E-state index in [2.05, 4.69) is 15.6 Å². The number of fused-ring (bicyclic) bond motifs is 1. The number of aliphatic hydroxyl groups is 1. The summed E-state index contributed by atoms with van der Waals surface area (Å²) in [6, 6.07) is 14.2. The molecule has 0 saturated carbocycles. The second-order valence-electron chi connectivity index (χ2n) is 8.01. The van der Waals surface area contributed by atoms with Crippen LogP contribution in [-0.2, 0) is 11.3 Å². The monoisotopic (exact) mass is 478 g/mol. The van der Waals surface area contributed by atoms with E-state index in [-0.39, 0.29) is 31.4 Å². The number of hydrogen-bond acceptors (Lipinski definition) is 5. The maximum atomic E-state index is 13.3. The maximum Gasteiger partial charge on any atom is 0.256 e. The summed E-state index contributed by atoms with van der Waals surface area (Å²) in [6.07, 6.45) is 1.76. The van der Waals surface area contributed by atoms with Gasteiger partial charge in [0.15, 0.2) is 0 Å². The quantitative estimate of drug-likeness (QED) is 0.500. The number of nitrogens with zero attached hydrogens (tertiary/aromatic N) is 2. The lowest BCUT2D eigenvalue weighted by Crippen LogP contribution is -2.45. The molecule has 174 valence electrons. The smallest absolute Gasteiger partial charge is 0.256 e. The Labute approximate surface area is 201 Å². The van der Waals surface area contributed by atoms with Crippen molar-refractivity contribution in [3.05, 3.63) is 88.1 Å². The molecule has 0 saturated heterocycles. The second-order valence-corrected chi connectivity index (χ2v) is 8.45. The fourth-order valence-electron chi connectivity index (χ4n) is 3.74. The van der Waals surface area contributed by atoms with Crippen LogP contribution >= 0.6 is 11.6 Å². The molecule has 8 nitrogen and oxygen atoms in total. The molecule has 2 aromatic carbocycles. The molecule has 9 heteroatoms. The van der Waals surface area contributed by atoms with Gasteiger partial charge in [0, 0.05) is 29.9 Å². The van der Waals surface area contributed by atoms with Gasteiger partial charge < -0.3 is 20.6 Å². The van der Waals surface area contributed by atoms with Gasteiger partial charge in [-0.1, -0.05) is 29.8 Å². The lowest BCUT2D eigenvalue weighted by molar-refractivity contribution is -0.121. The number of benzene rings is 2. The number of hydrogen-bond donors (Lipinski definition) is 3. The second kappa shape index (κ2) is 10.0. The Morgan fingerprint density at radius 1 is 1.15 bits per heavy atom. The van der Waals surface area contributed by atoms with E-state index in [1.807, 2.05) is 13.0 Å². The van der Waals surface area contributed by atoms with Gasteiger partial charge in [0.1, 0.15) is 11.9 Å². The van der Waals surface area contributed by atoms with Crippen LogP contribution in [0.4, 0.5) is 11.5 Å². The molecule has 1 aliphatic rings. The third-order valence-electron chi connectivity index (χ3n) is 5.53. The van der Waals surface area contributed by atoms with E-state index in [0.717, 1.165) is 11.1 Å². The molecule has 0 radical (unpaired) electrons. The van der Waals surface area contributed by atoms with E-state index in [4.69, 9.17) is 11.6 Å². The number of rotatable bonds is 6.